The lowest BCUT2D eigenvalue weighted by Crippen LogP contribution is -2.60. The van der Waals surface area contributed by atoms with Crippen molar-refractivity contribution in [3.05, 3.63) is 35.4 Å². The molecule has 2 heteroatoms. The highest BCUT2D eigenvalue weighted by molar-refractivity contribution is 5.21. The summed E-state index contributed by atoms with van der Waals surface area (Å²) in [5.74, 6) is 0.934. The standard InChI is InChI=1S/C19H30N2/c1-14-5-7-15(8-6-14)12-21-13-18(19(2,3)4)20-11-17(21)16-9-10-16/h5-8,16-18,20H,9-13H2,1-4H3. The second-order valence-electron chi connectivity index (χ2n) is 8.15. The summed E-state index contributed by atoms with van der Waals surface area (Å²) < 4.78 is 0. The molecule has 0 spiro atoms. The van der Waals surface area contributed by atoms with Crippen molar-refractivity contribution in [3.8, 4) is 0 Å². The normalized spacial score (nSPS) is 27.8. The van der Waals surface area contributed by atoms with Gasteiger partial charge in [0.05, 0.1) is 0 Å². The molecule has 1 saturated carbocycles. The van der Waals surface area contributed by atoms with Crippen molar-refractivity contribution in [2.24, 2.45) is 11.3 Å². The van der Waals surface area contributed by atoms with Gasteiger partial charge in [-0.25, -0.2) is 0 Å². The first kappa shape index (κ1) is 15.1. The van der Waals surface area contributed by atoms with Crippen molar-refractivity contribution in [2.45, 2.75) is 59.2 Å². The van der Waals surface area contributed by atoms with Gasteiger partial charge in [0.2, 0.25) is 0 Å². The zero-order valence-corrected chi connectivity index (χ0v) is 14.0. The molecule has 21 heavy (non-hydrogen) atoms. The van der Waals surface area contributed by atoms with Crippen LogP contribution < -0.4 is 5.32 Å². The molecule has 2 atom stereocenters. The molecule has 1 saturated heterocycles. The molecule has 1 aliphatic carbocycles. The Labute approximate surface area is 129 Å². The summed E-state index contributed by atoms with van der Waals surface area (Å²) in [5.41, 5.74) is 3.14. The highest BCUT2D eigenvalue weighted by Gasteiger charge is 2.40. The molecule has 1 aromatic rings. The zero-order chi connectivity index (χ0) is 15.0. The quantitative estimate of drug-likeness (QED) is 0.913. The van der Waals surface area contributed by atoms with Crippen LogP contribution >= 0.6 is 0 Å². The van der Waals surface area contributed by atoms with E-state index >= 15 is 0 Å². The lowest BCUT2D eigenvalue weighted by molar-refractivity contribution is 0.0689. The van der Waals surface area contributed by atoms with Crippen LogP contribution in [0.1, 0.15) is 44.7 Å². The van der Waals surface area contributed by atoms with Crippen molar-refractivity contribution >= 4 is 0 Å². The van der Waals surface area contributed by atoms with Crippen LogP contribution in [0.2, 0.25) is 0 Å². The van der Waals surface area contributed by atoms with Crippen molar-refractivity contribution in [3.63, 3.8) is 0 Å². The summed E-state index contributed by atoms with van der Waals surface area (Å²) in [6.07, 6.45) is 2.86. The van der Waals surface area contributed by atoms with E-state index < -0.39 is 0 Å². The molecule has 116 valence electrons. The van der Waals surface area contributed by atoms with Gasteiger partial charge in [-0.2, -0.15) is 0 Å². The van der Waals surface area contributed by atoms with E-state index in [0.717, 1.165) is 18.5 Å². The molecule has 3 rings (SSSR count). The fourth-order valence-electron chi connectivity index (χ4n) is 3.46. The summed E-state index contributed by atoms with van der Waals surface area (Å²) in [7, 11) is 0. The Bertz CT molecular complexity index is 467. The number of nitrogens with zero attached hydrogens (tertiary/aromatic N) is 1. The summed E-state index contributed by atoms with van der Waals surface area (Å²) in [4.78, 5) is 2.74. The molecule has 0 radical (unpaired) electrons. The topological polar surface area (TPSA) is 15.3 Å². The van der Waals surface area contributed by atoms with Crippen molar-refractivity contribution in [1.29, 1.82) is 0 Å². The van der Waals surface area contributed by atoms with Gasteiger partial charge < -0.3 is 5.32 Å². The SMILES string of the molecule is Cc1ccc(CN2CC(C(C)(C)C)NCC2C2CC2)cc1. The molecule has 1 N–H and O–H groups in total. The van der Waals surface area contributed by atoms with Crippen LogP contribution in [-0.4, -0.2) is 30.1 Å². The Morgan fingerprint density at radius 1 is 1.14 bits per heavy atom. The third kappa shape index (κ3) is 3.67. The molecule has 2 aliphatic rings. The summed E-state index contributed by atoms with van der Waals surface area (Å²) in [6, 6.07) is 10.4. The first-order valence-electron chi connectivity index (χ1n) is 8.46. The van der Waals surface area contributed by atoms with Gasteiger partial charge in [0, 0.05) is 31.7 Å². The molecule has 0 amide bonds. The van der Waals surface area contributed by atoms with Crippen LogP contribution in [0.3, 0.4) is 0 Å². The fourth-order valence-corrected chi connectivity index (χ4v) is 3.46. The molecule has 0 bridgehead atoms. The Hall–Kier alpha value is -0.860. The van der Waals surface area contributed by atoms with E-state index in [1.165, 1.54) is 37.1 Å². The van der Waals surface area contributed by atoms with Crippen LogP contribution in [0.4, 0.5) is 0 Å². The van der Waals surface area contributed by atoms with Gasteiger partial charge in [-0.05, 0) is 36.7 Å². The van der Waals surface area contributed by atoms with Crippen LogP contribution in [-0.2, 0) is 6.54 Å². The van der Waals surface area contributed by atoms with E-state index in [1.807, 2.05) is 0 Å². The second kappa shape index (κ2) is 5.73. The molecule has 2 unspecified atom stereocenters. The maximum atomic E-state index is 3.81. The van der Waals surface area contributed by atoms with Crippen LogP contribution in [0.5, 0.6) is 0 Å². The van der Waals surface area contributed by atoms with Gasteiger partial charge in [0.1, 0.15) is 0 Å². The number of hydrogen-bond acceptors (Lipinski definition) is 2. The second-order valence-corrected chi connectivity index (χ2v) is 8.15. The summed E-state index contributed by atoms with van der Waals surface area (Å²) in [5, 5.41) is 3.81. The van der Waals surface area contributed by atoms with Gasteiger partial charge in [-0.1, -0.05) is 50.6 Å². The fraction of sp³-hybridized carbons (Fsp3) is 0.684. The minimum Gasteiger partial charge on any atom is -0.311 e. The van der Waals surface area contributed by atoms with E-state index in [-0.39, 0.29) is 0 Å². The molecule has 1 aromatic carbocycles. The van der Waals surface area contributed by atoms with E-state index in [1.54, 1.807) is 0 Å². The number of piperazine rings is 1. The smallest absolute Gasteiger partial charge is 0.0253 e. The number of benzene rings is 1. The third-order valence-electron chi connectivity index (χ3n) is 5.18. The molecule has 1 aliphatic heterocycles. The van der Waals surface area contributed by atoms with Crippen LogP contribution in [0.25, 0.3) is 0 Å². The Morgan fingerprint density at radius 2 is 1.81 bits per heavy atom. The van der Waals surface area contributed by atoms with Gasteiger partial charge in [0.25, 0.3) is 0 Å². The first-order valence-corrected chi connectivity index (χ1v) is 8.46. The largest absolute Gasteiger partial charge is 0.311 e. The first-order chi connectivity index (χ1) is 9.93. The average molecular weight is 286 g/mol. The van der Waals surface area contributed by atoms with Crippen LogP contribution in [0, 0.1) is 18.3 Å². The van der Waals surface area contributed by atoms with E-state index in [2.05, 4.69) is 62.2 Å². The Balaban J connectivity index is 1.72. The lowest BCUT2D eigenvalue weighted by atomic mass is 9.84. The van der Waals surface area contributed by atoms with E-state index in [0.29, 0.717) is 11.5 Å². The molecule has 2 nitrogen and oxygen atoms in total. The highest BCUT2D eigenvalue weighted by atomic mass is 15.2. The summed E-state index contributed by atoms with van der Waals surface area (Å²) in [6.45, 7) is 12.7. The number of rotatable bonds is 3. The molecule has 2 fully saturated rings. The molecule has 0 aromatic heterocycles. The average Bonchev–Trinajstić information content (AvgIpc) is 3.25. The van der Waals surface area contributed by atoms with Gasteiger partial charge in [-0.15, -0.1) is 0 Å². The van der Waals surface area contributed by atoms with Crippen molar-refractivity contribution in [2.75, 3.05) is 13.1 Å². The minimum atomic E-state index is 0.333. The zero-order valence-electron chi connectivity index (χ0n) is 14.0. The molecular weight excluding hydrogens is 256 g/mol. The van der Waals surface area contributed by atoms with Crippen molar-refractivity contribution < 1.29 is 0 Å². The summed E-state index contributed by atoms with van der Waals surface area (Å²) >= 11 is 0. The maximum Gasteiger partial charge on any atom is 0.0253 e. The van der Waals surface area contributed by atoms with E-state index in [9.17, 15) is 0 Å². The Morgan fingerprint density at radius 3 is 2.38 bits per heavy atom. The number of hydrogen-bond donors (Lipinski definition) is 1. The van der Waals surface area contributed by atoms with Gasteiger partial charge in [-0.3, -0.25) is 4.90 Å². The van der Waals surface area contributed by atoms with Gasteiger partial charge in [0.15, 0.2) is 0 Å². The van der Waals surface area contributed by atoms with Crippen LogP contribution in [0.15, 0.2) is 24.3 Å². The minimum absolute atomic E-state index is 0.333. The van der Waals surface area contributed by atoms with Gasteiger partial charge >= 0.3 is 0 Å². The van der Waals surface area contributed by atoms with Crippen molar-refractivity contribution in [1.82, 2.24) is 10.2 Å². The lowest BCUT2D eigenvalue weighted by Gasteiger charge is -2.45. The molecular formula is C19H30N2. The monoisotopic (exact) mass is 286 g/mol. The van der Waals surface area contributed by atoms with E-state index in [4.69, 9.17) is 0 Å². The number of aryl methyl sites for hydroxylation is 1. The molecule has 1 heterocycles. The number of nitrogens with one attached hydrogen (secondary N) is 1. The predicted molar refractivity (Wildman–Crippen MR) is 89.3 cm³/mol. The predicted octanol–water partition coefficient (Wildman–Crippen LogP) is 3.59. The Kier molecular flexibility index (Phi) is 4.11. The maximum absolute atomic E-state index is 3.81. The highest BCUT2D eigenvalue weighted by Crippen LogP contribution is 2.38. The third-order valence-corrected chi connectivity index (χ3v) is 5.18.